The lowest BCUT2D eigenvalue weighted by molar-refractivity contribution is -0.125. The summed E-state index contributed by atoms with van der Waals surface area (Å²) in [5.74, 6) is 0.363. The van der Waals surface area contributed by atoms with E-state index in [9.17, 15) is 9.59 Å². The van der Waals surface area contributed by atoms with Crippen LogP contribution in [0.2, 0.25) is 0 Å². The van der Waals surface area contributed by atoms with Crippen molar-refractivity contribution in [3.63, 3.8) is 0 Å². The van der Waals surface area contributed by atoms with E-state index in [1.807, 2.05) is 47.4 Å². The standard InChI is InChI=1S/C28H36N6O2/c35-27(30-15-9-18-32-16-5-2-6-17-32)23-12-8-19-33(21-23)26-28(36)34(20-22-10-3-1-4-11-22)25-24(31-26)13-7-14-29-25/h1,3-4,7,10-11,13-14,23H,2,5-6,8-9,12,15-21H2,(H,30,35). The van der Waals surface area contributed by atoms with Gasteiger partial charge in [-0.3, -0.25) is 14.2 Å². The Morgan fingerprint density at radius 3 is 2.67 bits per heavy atom. The molecule has 8 nitrogen and oxygen atoms in total. The second kappa shape index (κ2) is 11.6. The van der Waals surface area contributed by atoms with Crippen LogP contribution >= 0.6 is 0 Å². The summed E-state index contributed by atoms with van der Waals surface area (Å²) in [5.41, 5.74) is 2.14. The third-order valence-corrected chi connectivity index (χ3v) is 7.36. The first-order valence-corrected chi connectivity index (χ1v) is 13.3. The summed E-state index contributed by atoms with van der Waals surface area (Å²) in [4.78, 5) is 40.3. The largest absolute Gasteiger partial charge is 0.356 e. The molecular formula is C28H36N6O2. The van der Waals surface area contributed by atoms with Gasteiger partial charge in [-0.25, -0.2) is 9.97 Å². The predicted molar refractivity (Wildman–Crippen MR) is 142 cm³/mol. The van der Waals surface area contributed by atoms with E-state index in [1.54, 1.807) is 10.8 Å². The zero-order valence-electron chi connectivity index (χ0n) is 20.9. The monoisotopic (exact) mass is 488 g/mol. The van der Waals surface area contributed by atoms with Crippen molar-refractivity contribution in [1.29, 1.82) is 0 Å². The maximum absolute atomic E-state index is 13.6. The Kier molecular flexibility index (Phi) is 7.91. The van der Waals surface area contributed by atoms with Gasteiger partial charge in [0.05, 0.1) is 12.5 Å². The second-order valence-corrected chi connectivity index (χ2v) is 9.99. The van der Waals surface area contributed by atoms with Gasteiger partial charge < -0.3 is 15.1 Å². The number of nitrogens with one attached hydrogen (secondary N) is 1. The first kappa shape index (κ1) is 24.4. The van der Waals surface area contributed by atoms with Crippen LogP contribution in [0.3, 0.4) is 0 Å². The van der Waals surface area contributed by atoms with E-state index >= 15 is 0 Å². The molecule has 36 heavy (non-hydrogen) atoms. The van der Waals surface area contributed by atoms with E-state index in [1.165, 1.54) is 32.4 Å². The predicted octanol–water partition coefficient (Wildman–Crippen LogP) is 3.05. The van der Waals surface area contributed by atoms with Gasteiger partial charge in [0, 0.05) is 25.8 Å². The molecule has 190 valence electrons. The number of fused-ring (bicyclic) bond motifs is 1. The molecule has 2 fully saturated rings. The lowest BCUT2D eigenvalue weighted by atomic mass is 9.97. The molecule has 1 N–H and O–H groups in total. The number of carbonyl (C=O) groups excluding carboxylic acids is 1. The Morgan fingerprint density at radius 1 is 1.00 bits per heavy atom. The normalized spacial score (nSPS) is 18.9. The number of carbonyl (C=O) groups is 1. The molecule has 0 radical (unpaired) electrons. The topological polar surface area (TPSA) is 83.4 Å². The summed E-state index contributed by atoms with van der Waals surface area (Å²) < 4.78 is 1.71. The van der Waals surface area contributed by atoms with Crippen LogP contribution in [0.1, 0.15) is 44.1 Å². The molecule has 4 heterocycles. The van der Waals surface area contributed by atoms with Gasteiger partial charge in [-0.05, 0) is 69.4 Å². The van der Waals surface area contributed by atoms with Crippen molar-refractivity contribution in [2.45, 2.75) is 45.1 Å². The highest BCUT2D eigenvalue weighted by Gasteiger charge is 2.28. The maximum atomic E-state index is 13.6. The zero-order valence-corrected chi connectivity index (χ0v) is 20.9. The van der Waals surface area contributed by atoms with Crippen molar-refractivity contribution in [3.05, 3.63) is 64.6 Å². The zero-order chi connectivity index (χ0) is 24.7. The Labute approximate surface area is 212 Å². The summed E-state index contributed by atoms with van der Waals surface area (Å²) >= 11 is 0. The fourth-order valence-electron chi connectivity index (χ4n) is 5.41. The van der Waals surface area contributed by atoms with Gasteiger partial charge in [0.1, 0.15) is 5.52 Å². The minimum absolute atomic E-state index is 0.0883. The molecule has 2 aliphatic rings. The van der Waals surface area contributed by atoms with Gasteiger partial charge in [0.2, 0.25) is 5.91 Å². The van der Waals surface area contributed by atoms with Crippen molar-refractivity contribution < 1.29 is 4.79 Å². The Bertz CT molecular complexity index is 1220. The van der Waals surface area contributed by atoms with Crippen LogP contribution < -0.4 is 15.8 Å². The Hall–Kier alpha value is -3.26. The van der Waals surface area contributed by atoms with Crippen LogP contribution in [0.15, 0.2) is 53.5 Å². The molecule has 1 unspecified atom stereocenters. The maximum Gasteiger partial charge on any atom is 0.295 e. The van der Waals surface area contributed by atoms with Crippen LogP contribution in [-0.4, -0.2) is 64.6 Å². The van der Waals surface area contributed by atoms with Crippen molar-refractivity contribution in [2.24, 2.45) is 5.92 Å². The van der Waals surface area contributed by atoms with E-state index < -0.39 is 0 Å². The van der Waals surface area contributed by atoms with Gasteiger partial charge in [-0.15, -0.1) is 0 Å². The quantitative estimate of drug-likeness (QED) is 0.491. The summed E-state index contributed by atoms with van der Waals surface area (Å²) in [5, 5.41) is 3.15. The lowest BCUT2D eigenvalue weighted by Gasteiger charge is -2.33. The average molecular weight is 489 g/mol. The van der Waals surface area contributed by atoms with E-state index in [0.29, 0.717) is 36.6 Å². The number of rotatable bonds is 8. The number of amides is 1. The summed E-state index contributed by atoms with van der Waals surface area (Å²) in [6.45, 7) is 5.78. The third kappa shape index (κ3) is 5.75. The first-order chi connectivity index (χ1) is 17.7. The van der Waals surface area contributed by atoms with E-state index in [0.717, 1.165) is 37.9 Å². The lowest BCUT2D eigenvalue weighted by Crippen LogP contribution is -2.46. The number of pyridine rings is 1. The second-order valence-electron chi connectivity index (χ2n) is 9.99. The van der Waals surface area contributed by atoms with E-state index in [-0.39, 0.29) is 17.4 Å². The molecule has 2 aliphatic heterocycles. The summed E-state index contributed by atoms with van der Waals surface area (Å²) in [6.07, 6.45) is 8.28. The fourth-order valence-corrected chi connectivity index (χ4v) is 5.41. The molecule has 2 saturated heterocycles. The average Bonchev–Trinajstić information content (AvgIpc) is 2.93. The molecule has 2 aromatic heterocycles. The fraction of sp³-hybridized carbons (Fsp3) is 0.500. The number of hydrogen-bond donors (Lipinski definition) is 1. The summed E-state index contributed by atoms with van der Waals surface area (Å²) in [6, 6.07) is 13.7. The molecule has 1 aromatic carbocycles. The summed E-state index contributed by atoms with van der Waals surface area (Å²) in [7, 11) is 0. The number of hydrogen-bond acceptors (Lipinski definition) is 6. The highest BCUT2D eigenvalue weighted by molar-refractivity contribution is 5.79. The van der Waals surface area contributed by atoms with Crippen LogP contribution in [0.5, 0.6) is 0 Å². The minimum atomic E-state index is -0.160. The number of aromatic nitrogens is 3. The van der Waals surface area contributed by atoms with Gasteiger partial charge in [-0.2, -0.15) is 0 Å². The SMILES string of the molecule is O=C(NCCCN1CCCCC1)C1CCCN(c2nc3cccnc3n(Cc3ccccc3)c2=O)C1. The highest BCUT2D eigenvalue weighted by atomic mass is 16.2. The number of benzene rings is 1. The molecule has 3 aromatic rings. The molecule has 5 rings (SSSR count). The molecule has 0 saturated carbocycles. The van der Waals surface area contributed by atoms with Crippen LogP contribution in [0, 0.1) is 5.92 Å². The highest BCUT2D eigenvalue weighted by Crippen LogP contribution is 2.22. The molecule has 1 atom stereocenters. The molecular weight excluding hydrogens is 452 g/mol. The smallest absolute Gasteiger partial charge is 0.295 e. The minimum Gasteiger partial charge on any atom is -0.356 e. The molecule has 0 bridgehead atoms. The van der Waals surface area contributed by atoms with E-state index in [4.69, 9.17) is 4.98 Å². The number of anilines is 1. The third-order valence-electron chi connectivity index (χ3n) is 7.36. The molecule has 0 aliphatic carbocycles. The Balaban J connectivity index is 1.28. The van der Waals surface area contributed by atoms with Crippen LogP contribution in [0.25, 0.3) is 11.2 Å². The molecule has 8 heteroatoms. The van der Waals surface area contributed by atoms with Gasteiger partial charge in [0.15, 0.2) is 11.5 Å². The van der Waals surface area contributed by atoms with E-state index in [2.05, 4.69) is 15.2 Å². The van der Waals surface area contributed by atoms with Gasteiger partial charge in [-0.1, -0.05) is 36.8 Å². The number of nitrogens with zero attached hydrogens (tertiary/aromatic N) is 5. The number of piperidine rings is 2. The van der Waals surface area contributed by atoms with Crippen LogP contribution in [0.4, 0.5) is 5.82 Å². The molecule has 1 amide bonds. The molecule has 0 spiro atoms. The Morgan fingerprint density at radius 2 is 1.83 bits per heavy atom. The van der Waals surface area contributed by atoms with Crippen molar-refractivity contribution >= 4 is 22.9 Å². The number of likely N-dealkylation sites (tertiary alicyclic amines) is 1. The van der Waals surface area contributed by atoms with Crippen molar-refractivity contribution in [3.8, 4) is 0 Å². The van der Waals surface area contributed by atoms with Crippen molar-refractivity contribution in [2.75, 3.05) is 44.2 Å². The first-order valence-electron chi connectivity index (χ1n) is 13.3. The van der Waals surface area contributed by atoms with Crippen LogP contribution in [-0.2, 0) is 11.3 Å². The van der Waals surface area contributed by atoms with Crippen molar-refractivity contribution in [1.82, 2.24) is 24.8 Å². The van der Waals surface area contributed by atoms with Gasteiger partial charge in [0.25, 0.3) is 5.56 Å². The van der Waals surface area contributed by atoms with Gasteiger partial charge >= 0.3 is 0 Å².